The van der Waals surface area contributed by atoms with Crippen LogP contribution in [0, 0.1) is 11.6 Å². The summed E-state index contributed by atoms with van der Waals surface area (Å²) in [5.41, 5.74) is 2.89. The minimum Gasteiger partial charge on any atom is -0.379 e. The summed E-state index contributed by atoms with van der Waals surface area (Å²) in [5, 5.41) is 0. The highest BCUT2D eigenvalue weighted by molar-refractivity contribution is 5.19. The second-order valence-corrected chi connectivity index (χ2v) is 5.31. The molecular weight excluding hydrogens is 250 g/mol. The van der Waals surface area contributed by atoms with Crippen LogP contribution in [0.5, 0.6) is 0 Å². The van der Waals surface area contributed by atoms with E-state index in [4.69, 9.17) is 10.6 Å². The maximum Gasteiger partial charge on any atom is 0.129 e. The molecule has 0 amide bonds. The number of ether oxygens (including phenoxy) is 1. The van der Waals surface area contributed by atoms with E-state index >= 15 is 0 Å². The molecule has 108 valence electrons. The van der Waals surface area contributed by atoms with E-state index in [9.17, 15) is 8.78 Å². The van der Waals surface area contributed by atoms with Gasteiger partial charge < -0.3 is 4.74 Å². The van der Waals surface area contributed by atoms with Crippen molar-refractivity contribution in [1.82, 2.24) is 5.43 Å². The van der Waals surface area contributed by atoms with E-state index in [1.807, 2.05) is 13.8 Å². The lowest BCUT2D eigenvalue weighted by Gasteiger charge is -2.25. The highest BCUT2D eigenvalue weighted by Gasteiger charge is 2.19. The van der Waals surface area contributed by atoms with Crippen molar-refractivity contribution in [1.29, 1.82) is 0 Å². The third-order valence-corrected chi connectivity index (χ3v) is 3.36. The molecule has 0 aliphatic carbocycles. The molecule has 1 atom stereocenters. The Bertz CT molecular complexity index is 410. The predicted octanol–water partition coefficient (Wildman–Crippen LogP) is 2.54. The second kappa shape index (κ2) is 6.93. The van der Waals surface area contributed by atoms with Crippen LogP contribution in [0.3, 0.4) is 0 Å². The number of hydrogen-bond donors (Lipinski definition) is 2. The SMILES string of the molecule is COC(C)(C)CCC(Cc1ccc(F)cc1F)NN. The fourth-order valence-electron chi connectivity index (χ4n) is 1.82. The number of benzene rings is 1. The lowest BCUT2D eigenvalue weighted by Crippen LogP contribution is -2.38. The summed E-state index contributed by atoms with van der Waals surface area (Å²) in [5.74, 6) is 4.38. The number of hydrazine groups is 1. The van der Waals surface area contributed by atoms with E-state index in [0.29, 0.717) is 12.0 Å². The topological polar surface area (TPSA) is 47.3 Å². The van der Waals surface area contributed by atoms with E-state index in [1.54, 1.807) is 7.11 Å². The lowest BCUT2D eigenvalue weighted by atomic mass is 9.95. The minimum atomic E-state index is -0.570. The zero-order valence-corrected chi connectivity index (χ0v) is 11.7. The summed E-state index contributed by atoms with van der Waals surface area (Å²) >= 11 is 0. The van der Waals surface area contributed by atoms with E-state index in [0.717, 1.165) is 18.9 Å². The molecule has 0 spiro atoms. The highest BCUT2D eigenvalue weighted by Crippen LogP contribution is 2.19. The summed E-state index contributed by atoms with van der Waals surface area (Å²) < 4.78 is 31.7. The number of nitrogens with two attached hydrogens (primary N) is 1. The van der Waals surface area contributed by atoms with Gasteiger partial charge in [-0.25, -0.2) is 8.78 Å². The molecule has 0 bridgehead atoms. The average Bonchev–Trinajstić information content (AvgIpc) is 2.37. The van der Waals surface area contributed by atoms with Gasteiger partial charge in [0.15, 0.2) is 0 Å². The van der Waals surface area contributed by atoms with Crippen LogP contribution in [-0.2, 0) is 11.2 Å². The van der Waals surface area contributed by atoms with Gasteiger partial charge in [-0.2, -0.15) is 0 Å². The number of rotatable bonds is 7. The molecule has 0 heterocycles. The highest BCUT2D eigenvalue weighted by atomic mass is 19.1. The summed E-state index contributed by atoms with van der Waals surface area (Å²) in [6, 6.07) is 3.53. The summed E-state index contributed by atoms with van der Waals surface area (Å²) in [6.45, 7) is 3.97. The Kier molecular flexibility index (Phi) is 5.85. The third-order valence-electron chi connectivity index (χ3n) is 3.36. The average molecular weight is 272 g/mol. The van der Waals surface area contributed by atoms with Gasteiger partial charge in [0, 0.05) is 19.2 Å². The minimum absolute atomic E-state index is 0.0746. The van der Waals surface area contributed by atoms with Gasteiger partial charge in [-0.3, -0.25) is 11.3 Å². The molecule has 0 fully saturated rings. The smallest absolute Gasteiger partial charge is 0.129 e. The zero-order chi connectivity index (χ0) is 14.5. The van der Waals surface area contributed by atoms with Crippen LogP contribution in [0.25, 0.3) is 0 Å². The molecule has 0 saturated heterocycles. The molecule has 0 aliphatic heterocycles. The standard InChI is InChI=1S/C14H22F2N2O/c1-14(2,19-3)7-6-12(18-17)8-10-4-5-11(15)9-13(10)16/h4-5,9,12,18H,6-8,17H2,1-3H3. The van der Waals surface area contributed by atoms with Crippen LogP contribution in [0.4, 0.5) is 8.78 Å². The number of nitrogens with one attached hydrogen (secondary N) is 1. The van der Waals surface area contributed by atoms with Gasteiger partial charge in [-0.15, -0.1) is 0 Å². The molecule has 0 radical (unpaired) electrons. The molecule has 0 saturated carbocycles. The van der Waals surface area contributed by atoms with Crippen LogP contribution < -0.4 is 11.3 Å². The van der Waals surface area contributed by atoms with Crippen molar-refractivity contribution >= 4 is 0 Å². The fraction of sp³-hybridized carbons (Fsp3) is 0.571. The number of hydrogen-bond acceptors (Lipinski definition) is 3. The normalized spacial score (nSPS) is 13.6. The first kappa shape index (κ1) is 16.0. The van der Waals surface area contributed by atoms with Crippen molar-refractivity contribution in [3.63, 3.8) is 0 Å². The number of methoxy groups -OCH3 is 1. The third kappa shape index (κ3) is 5.22. The van der Waals surface area contributed by atoms with Gasteiger partial charge >= 0.3 is 0 Å². The van der Waals surface area contributed by atoms with Crippen LogP contribution in [0.2, 0.25) is 0 Å². The molecule has 1 aromatic rings. The van der Waals surface area contributed by atoms with E-state index < -0.39 is 11.6 Å². The summed E-state index contributed by atoms with van der Waals surface area (Å²) in [7, 11) is 1.66. The predicted molar refractivity (Wildman–Crippen MR) is 71.5 cm³/mol. The molecule has 19 heavy (non-hydrogen) atoms. The fourth-order valence-corrected chi connectivity index (χ4v) is 1.82. The van der Waals surface area contributed by atoms with Crippen LogP contribution in [-0.4, -0.2) is 18.8 Å². The van der Waals surface area contributed by atoms with Gasteiger partial charge in [0.1, 0.15) is 11.6 Å². The Morgan fingerprint density at radius 2 is 2.05 bits per heavy atom. The lowest BCUT2D eigenvalue weighted by molar-refractivity contribution is 0.0117. The Hall–Kier alpha value is -1.04. The van der Waals surface area contributed by atoms with Crippen LogP contribution in [0.1, 0.15) is 32.3 Å². The van der Waals surface area contributed by atoms with Crippen molar-refractivity contribution in [2.75, 3.05) is 7.11 Å². The van der Waals surface area contributed by atoms with Crippen molar-refractivity contribution in [3.8, 4) is 0 Å². The largest absolute Gasteiger partial charge is 0.379 e. The number of halogens is 2. The Labute approximate surface area is 113 Å². The van der Waals surface area contributed by atoms with Crippen LogP contribution >= 0.6 is 0 Å². The van der Waals surface area contributed by atoms with Gasteiger partial charge in [-0.05, 0) is 44.7 Å². The maximum atomic E-state index is 13.6. The van der Waals surface area contributed by atoms with Gasteiger partial charge in [0.05, 0.1) is 5.60 Å². The maximum absolute atomic E-state index is 13.6. The first-order valence-corrected chi connectivity index (χ1v) is 6.33. The van der Waals surface area contributed by atoms with Crippen LogP contribution in [0.15, 0.2) is 18.2 Å². The van der Waals surface area contributed by atoms with E-state index in [1.165, 1.54) is 12.1 Å². The summed E-state index contributed by atoms with van der Waals surface area (Å²) in [6.07, 6.45) is 1.96. The monoisotopic (exact) mass is 272 g/mol. The Balaban J connectivity index is 2.61. The van der Waals surface area contributed by atoms with Gasteiger partial charge in [-0.1, -0.05) is 6.07 Å². The van der Waals surface area contributed by atoms with Gasteiger partial charge in [0.25, 0.3) is 0 Å². The molecule has 1 aromatic carbocycles. The molecule has 3 N–H and O–H groups in total. The zero-order valence-electron chi connectivity index (χ0n) is 11.7. The Morgan fingerprint density at radius 1 is 1.37 bits per heavy atom. The van der Waals surface area contributed by atoms with E-state index in [2.05, 4.69) is 5.43 Å². The van der Waals surface area contributed by atoms with Crippen molar-refractivity contribution in [2.24, 2.45) is 5.84 Å². The van der Waals surface area contributed by atoms with Crippen molar-refractivity contribution < 1.29 is 13.5 Å². The van der Waals surface area contributed by atoms with Gasteiger partial charge in [0.2, 0.25) is 0 Å². The van der Waals surface area contributed by atoms with E-state index in [-0.39, 0.29) is 11.6 Å². The first-order chi connectivity index (χ1) is 8.88. The first-order valence-electron chi connectivity index (χ1n) is 6.33. The van der Waals surface area contributed by atoms with Crippen molar-refractivity contribution in [2.45, 2.75) is 44.8 Å². The second-order valence-electron chi connectivity index (χ2n) is 5.31. The molecule has 1 unspecified atom stereocenters. The summed E-state index contributed by atoms with van der Waals surface area (Å²) in [4.78, 5) is 0. The molecule has 1 rings (SSSR count). The molecule has 3 nitrogen and oxygen atoms in total. The molecule has 0 aromatic heterocycles. The molecular formula is C14H22F2N2O. The quantitative estimate of drug-likeness (QED) is 0.592. The molecule has 0 aliphatic rings. The van der Waals surface area contributed by atoms with Crippen molar-refractivity contribution in [3.05, 3.63) is 35.4 Å². The molecule has 5 heteroatoms. The Morgan fingerprint density at radius 3 is 2.58 bits per heavy atom.